The molecule has 0 atom stereocenters. The van der Waals surface area contributed by atoms with Gasteiger partial charge in [-0.2, -0.15) is 0 Å². The highest BCUT2D eigenvalue weighted by Crippen LogP contribution is 2.39. The third kappa shape index (κ3) is 1.27. The number of halogens is 1. The Labute approximate surface area is 101 Å². The van der Waals surface area contributed by atoms with Crippen LogP contribution in [0.2, 0.25) is 5.15 Å². The number of methoxy groups -OCH3 is 1. The highest BCUT2D eigenvalue weighted by molar-refractivity contribution is 7.26. The largest absolute Gasteiger partial charge is 0.496 e. The fourth-order valence-corrected chi connectivity index (χ4v) is 3.03. The van der Waals surface area contributed by atoms with Crippen LogP contribution in [0.4, 0.5) is 0 Å². The van der Waals surface area contributed by atoms with Gasteiger partial charge in [-0.1, -0.05) is 17.7 Å². The molecule has 0 aliphatic heterocycles. The third-order valence-corrected chi connectivity index (χ3v) is 3.97. The molecular formula is C11H7ClN2OS. The van der Waals surface area contributed by atoms with Crippen LogP contribution in [0.25, 0.3) is 20.3 Å². The second-order valence-corrected chi connectivity index (χ2v) is 4.69. The SMILES string of the molecule is COc1cccc2sc3c(Cl)ncnc3c12. The van der Waals surface area contributed by atoms with Crippen LogP contribution < -0.4 is 4.74 Å². The molecule has 3 rings (SSSR count). The van der Waals surface area contributed by atoms with Crippen LogP contribution in [0.3, 0.4) is 0 Å². The van der Waals surface area contributed by atoms with Gasteiger partial charge in [0, 0.05) is 4.70 Å². The second kappa shape index (κ2) is 3.57. The van der Waals surface area contributed by atoms with Crippen molar-refractivity contribution in [3.63, 3.8) is 0 Å². The molecule has 0 spiro atoms. The number of thiophene rings is 1. The normalized spacial score (nSPS) is 11.1. The Balaban J connectivity index is 2.57. The second-order valence-electron chi connectivity index (χ2n) is 3.28. The summed E-state index contributed by atoms with van der Waals surface area (Å²) in [6, 6.07) is 5.91. The summed E-state index contributed by atoms with van der Waals surface area (Å²) in [4.78, 5) is 8.26. The van der Waals surface area contributed by atoms with Crippen molar-refractivity contribution >= 4 is 43.2 Å². The Morgan fingerprint density at radius 2 is 2.19 bits per heavy atom. The summed E-state index contributed by atoms with van der Waals surface area (Å²) in [5, 5.41) is 1.50. The number of nitrogens with zero attached hydrogens (tertiary/aromatic N) is 2. The van der Waals surface area contributed by atoms with Gasteiger partial charge in [0.2, 0.25) is 0 Å². The van der Waals surface area contributed by atoms with E-state index in [1.165, 1.54) is 6.33 Å². The molecule has 3 aromatic rings. The van der Waals surface area contributed by atoms with E-state index in [1.54, 1.807) is 18.4 Å². The average molecular weight is 251 g/mol. The zero-order valence-corrected chi connectivity index (χ0v) is 9.97. The van der Waals surface area contributed by atoms with Crippen LogP contribution in [0.15, 0.2) is 24.5 Å². The number of hydrogen-bond acceptors (Lipinski definition) is 4. The van der Waals surface area contributed by atoms with Gasteiger partial charge < -0.3 is 4.74 Å². The van der Waals surface area contributed by atoms with Crippen molar-refractivity contribution in [1.29, 1.82) is 0 Å². The van der Waals surface area contributed by atoms with Crippen LogP contribution >= 0.6 is 22.9 Å². The molecule has 3 nitrogen and oxygen atoms in total. The molecule has 80 valence electrons. The molecule has 2 heterocycles. The molecule has 0 N–H and O–H groups in total. The lowest BCUT2D eigenvalue weighted by Gasteiger charge is -2.00. The zero-order chi connectivity index (χ0) is 11.1. The van der Waals surface area contributed by atoms with Gasteiger partial charge in [-0.15, -0.1) is 11.3 Å². The van der Waals surface area contributed by atoms with E-state index in [0.29, 0.717) is 5.15 Å². The Morgan fingerprint density at radius 1 is 1.31 bits per heavy atom. The van der Waals surface area contributed by atoms with Crippen molar-refractivity contribution < 1.29 is 4.74 Å². The summed E-state index contributed by atoms with van der Waals surface area (Å²) in [5.41, 5.74) is 0.859. The van der Waals surface area contributed by atoms with E-state index < -0.39 is 0 Å². The first-order valence-electron chi connectivity index (χ1n) is 4.67. The molecule has 5 heteroatoms. The number of rotatable bonds is 1. The number of fused-ring (bicyclic) bond motifs is 3. The van der Waals surface area contributed by atoms with Gasteiger partial charge in [0.25, 0.3) is 0 Å². The van der Waals surface area contributed by atoms with Gasteiger partial charge >= 0.3 is 0 Å². The van der Waals surface area contributed by atoms with Crippen molar-refractivity contribution in [2.75, 3.05) is 7.11 Å². The highest BCUT2D eigenvalue weighted by Gasteiger charge is 2.13. The Kier molecular flexibility index (Phi) is 2.19. The van der Waals surface area contributed by atoms with Gasteiger partial charge in [-0.05, 0) is 12.1 Å². The smallest absolute Gasteiger partial charge is 0.150 e. The predicted molar refractivity (Wildman–Crippen MR) is 66.5 cm³/mol. The Hall–Kier alpha value is -1.39. The molecule has 2 aromatic heterocycles. The molecule has 0 unspecified atom stereocenters. The van der Waals surface area contributed by atoms with Crippen molar-refractivity contribution in [1.82, 2.24) is 9.97 Å². The van der Waals surface area contributed by atoms with Crippen LogP contribution in [-0.2, 0) is 0 Å². The molecule has 0 radical (unpaired) electrons. The minimum Gasteiger partial charge on any atom is -0.496 e. The van der Waals surface area contributed by atoms with Crippen molar-refractivity contribution in [2.24, 2.45) is 0 Å². The Bertz CT molecular complexity index is 680. The lowest BCUT2D eigenvalue weighted by molar-refractivity contribution is 0.420. The van der Waals surface area contributed by atoms with E-state index in [4.69, 9.17) is 16.3 Å². The third-order valence-electron chi connectivity index (χ3n) is 2.42. The van der Waals surface area contributed by atoms with Crippen molar-refractivity contribution in [2.45, 2.75) is 0 Å². The first-order chi connectivity index (χ1) is 7.81. The number of benzene rings is 1. The summed E-state index contributed by atoms with van der Waals surface area (Å²) in [5.74, 6) is 0.818. The highest BCUT2D eigenvalue weighted by atomic mass is 35.5. The zero-order valence-electron chi connectivity index (χ0n) is 8.40. The van der Waals surface area contributed by atoms with Gasteiger partial charge in [0.05, 0.1) is 22.7 Å². The minimum atomic E-state index is 0.494. The van der Waals surface area contributed by atoms with Crippen molar-refractivity contribution in [3.8, 4) is 5.75 Å². The molecule has 16 heavy (non-hydrogen) atoms. The summed E-state index contributed by atoms with van der Waals surface area (Å²) < 4.78 is 7.35. The van der Waals surface area contributed by atoms with E-state index in [1.807, 2.05) is 18.2 Å². The molecule has 0 saturated carbocycles. The minimum absolute atomic E-state index is 0.494. The van der Waals surface area contributed by atoms with Crippen LogP contribution in [0.1, 0.15) is 0 Å². The quantitative estimate of drug-likeness (QED) is 0.620. The molecule has 0 saturated heterocycles. The van der Waals surface area contributed by atoms with Crippen LogP contribution in [-0.4, -0.2) is 17.1 Å². The first kappa shape index (κ1) is 9.81. The Morgan fingerprint density at radius 3 is 3.00 bits per heavy atom. The molecule has 0 fully saturated rings. The van der Waals surface area contributed by atoms with Crippen LogP contribution in [0.5, 0.6) is 5.75 Å². The summed E-state index contributed by atoms with van der Waals surface area (Å²) in [6.45, 7) is 0. The van der Waals surface area contributed by atoms with E-state index in [2.05, 4.69) is 9.97 Å². The lowest BCUT2D eigenvalue weighted by atomic mass is 10.2. The van der Waals surface area contributed by atoms with E-state index in [9.17, 15) is 0 Å². The maximum Gasteiger partial charge on any atom is 0.150 e. The fraction of sp³-hybridized carbons (Fsp3) is 0.0909. The summed E-state index contributed by atoms with van der Waals surface area (Å²) >= 11 is 7.62. The maximum atomic E-state index is 6.04. The fourth-order valence-electron chi connectivity index (χ4n) is 1.73. The standard InChI is InChI=1S/C11H7ClN2OS/c1-15-6-3-2-4-7-8(6)9-10(16-7)11(12)14-5-13-9/h2-5H,1H3. The van der Waals surface area contributed by atoms with E-state index >= 15 is 0 Å². The van der Waals surface area contributed by atoms with Gasteiger partial charge in [0.1, 0.15) is 17.2 Å². The molecule has 1 aromatic carbocycles. The molecule has 0 bridgehead atoms. The van der Waals surface area contributed by atoms with Crippen LogP contribution in [0, 0.1) is 0 Å². The van der Waals surface area contributed by atoms with Gasteiger partial charge in [-0.25, -0.2) is 9.97 Å². The number of aromatic nitrogens is 2. The predicted octanol–water partition coefficient (Wildman–Crippen LogP) is 3.51. The number of hydrogen-bond donors (Lipinski definition) is 0. The summed E-state index contributed by atoms with van der Waals surface area (Å²) in [6.07, 6.45) is 1.48. The molecule has 0 amide bonds. The summed E-state index contributed by atoms with van der Waals surface area (Å²) in [7, 11) is 1.65. The molecular weight excluding hydrogens is 244 g/mol. The van der Waals surface area contributed by atoms with Gasteiger partial charge in [-0.3, -0.25) is 0 Å². The topological polar surface area (TPSA) is 35.0 Å². The van der Waals surface area contributed by atoms with E-state index in [-0.39, 0.29) is 0 Å². The average Bonchev–Trinajstić information content (AvgIpc) is 2.69. The monoisotopic (exact) mass is 250 g/mol. The molecule has 0 aliphatic carbocycles. The lowest BCUT2D eigenvalue weighted by Crippen LogP contribution is -1.84. The number of ether oxygens (including phenoxy) is 1. The first-order valence-corrected chi connectivity index (χ1v) is 5.86. The van der Waals surface area contributed by atoms with Crippen molar-refractivity contribution in [3.05, 3.63) is 29.7 Å². The molecule has 0 aliphatic rings. The van der Waals surface area contributed by atoms with E-state index in [0.717, 1.165) is 26.1 Å². The maximum absolute atomic E-state index is 6.04. The van der Waals surface area contributed by atoms with Gasteiger partial charge in [0.15, 0.2) is 0 Å².